The van der Waals surface area contributed by atoms with Gasteiger partial charge >= 0.3 is 0 Å². The maximum atomic E-state index is 6.52. The van der Waals surface area contributed by atoms with Crippen LogP contribution < -0.4 is 5.73 Å². The van der Waals surface area contributed by atoms with Crippen LogP contribution >= 0.6 is 0 Å². The van der Waals surface area contributed by atoms with E-state index >= 15 is 0 Å². The Hall–Kier alpha value is -1.16. The van der Waals surface area contributed by atoms with Gasteiger partial charge in [0.05, 0.1) is 6.10 Å². The predicted octanol–water partition coefficient (Wildman–Crippen LogP) is 4.99. The second-order valence-electron chi connectivity index (χ2n) is 7.30. The molecule has 0 fully saturated rings. The van der Waals surface area contributed by atoms with Gasteiger partial charge in [-0.3, -0.25) is 0 Å². The van der Waals surface area contributed by atoms with Crippen LogP contribution in [0.3, 0.4) is 0 Å². The lowest BCUT2D eigenvalue weighted by atomic mass is 10.1. The quantitative estimate of drug-likeness (QED) is 0.568. The molecule has 0 heterocycles. The maximum Gasteiger partial charge on any atom is 0.192 e. The molecule has 0 aromatic heterocycles. The summed E-state index contributed by atoms with van der Waals surface area (Å²) < 4.78 is 6.52. The fourth-order valence-electron chi connectivity index (χ4n) is 1.88. The summed E-state index contributed by atoms with van der Waals surface area (Å²) in [5.41, 5.74) is 7.48. The number of hydrogen-bond acceptors (Lipinski definition) is 2. The average Bonchev–Trinajstić information content (AvgIpc) is 2.43. The van der Waals surface area contributed by atoms with E-state index in [0.29, 0.717) is 0 Å². The first-order valence-corrected chi connectivity index (χ1v) is 10.9. The Morgan fingerprint density at radius 1 is 1.23 bits per heavy atom. The Morgan fingerprint density at radius 2 is 1.82 bits per heavy atom. The van der Waals surface area contributed by atoms with E-state index in [1.54, 1.807) is 0 Å². The zero-order chi connectivity index (χ0) is 16.8. The summed E-state index contributed by atoms with van der Waals surface area (Å²) in [7, 11) is -1.86. The van der Waals surface area contributed by atoms with Crippen molar-refractivity contribution in [1.29, 1.82) is 0 Å². The summed E-state index contributed by atoms with van der Waals surface area (Å²) in [6, 6.07) is 10.2. The molecule has 0 saturated carbocycles. The third-order valence-electron chi connectivity index (χ3n) is 4.38. The number of benzene rings is 1. The van der Waals surface area contributed by atoms with Crippen LogP contribution in [0.25, 0.3) is 6.08 Å². The van der Waals surface area contributed by atoms with Crippen LogP contribution in [0.4, 0.5) is 0 Å². The van der Waals surface area contributed by atoms with E-state index in [1.807, 2.05) is 24.3 Å². The smallest absolute Gasteiger partial charge is 0.192 e. The highest BCUT2D eigenvalue weighted by Gasteiger charge is 2.39. The van der Waals surface area contributed by atoms with Crippen molar-refractivity contribution >= 4 is 14.4 Å². The van der Waals surface area contributed by atoms with Crippen molar-refractivity contribution in [1.82, 2.24) is 0 Å². The van der Waals surface area contributed by atoms with Crippen molar-refractivity contribution in [2.24, 2.45) is 5.73 Å². The topological polar surface area (TPSA) is 35.2 Å². The second kappa shape index (κ2) is 7.91. The van der Waals surface area contributed by atoms with Crippen LogP contribution in [-0.2, 0) is 4.43 Å². The third-order valence-corrected chi connectivity index (χ3v) is 8.85. The van der Waals surface area contributed by atoms with Crippen LogP contribution in [0.15, 0.2) is 49.1 Å². The Kier molecular flexibility index (Phi) is 6.79. The Morgan fingerprint density at radius 3 is 2.32 bits per heavy atom. The summed E-state index contributed by atoms with van der Waals surface area (Å²) >= 11 is 0. The van der Waals surface area contributed by atoms with Gasteiger partial charge in [0.15, 0.2) is 8.32 Å². The van der Waals surface area contributed by atoms with E-state index in [0.717, 1.165) is 12.0 Å². The number of hydrogen-bond donors (Lipinski definition) is 1. The van der Waals surface area contributed by atoms with E-state index in [1.165, 1.54) is 0 Å². The van der Waals surface area contributed by atoms with Crippen molar-refractivity contribution in [2.75, 3.05) is 0 Å². The molecule has 1 aromatic carbocycles. The van der Waals surface area contributed by atoms with Crippen LogP contribution in [0.5, 0.6) is 0 Å². The van der Waals surface area contributed by atoms with Gasteiger partial charge in [-0.1, -0.05) is 69.3 Å². The molecule has 0 amide bonds. The first-order valence-electron chi connectivity index (χ1n) is 7.95. The lowest BCUT2D eigenvalue weighted by Crippen LogP contribution is -2.48. The monoisotopic (exact) mass is 317 g/mol. The summed E-state index contributed by atoms with van der Waals surface area (Å²) in [5.74, 6) is 0. The molecule has 1 aromatic rings. The van der Waals surface area contributed by atoms with E-state index in [2.05, 4.69) is 64.7 Å². The van der Waals surface area contributed by atoms with Crippen molar-refractivity contribution in [3.63, 3.8) is 0 Å². The summed E-state index contributed by atoms with van der Waals surface area (Å²) in [4.78, 5) is 0. The molecule has 0 radical (unpaired) electrons. The highest BCUT2D eigenvalue weighted by molar-refractivity contribution is 6.74. The molecule has 2 N–H and O–H groups in total. The third kappa shape index (κ3) is 5.56. The molecule has 122 valence electrons. The van der Waals surface area contributed by atoms with E-state index in [9.17, 15) is 0 Å². The van der Waals surface area contributed by atoms with Crippen LogP contribution in [0, 0.1) is 0 Å². The van der Waals surface area contributed by atoms with Gasteiger partial charge in [0.2, 0.25) is 0 Å². The standard InChI is InChI=1S/C19H31NOSi/c1-7-11-17(20)18(21-22(5,6)19(2,3)4)15-14-16-12-9-8-10-13-16/h7-10,12-15,17-18H,1,11,20H2,2-6H3/b15-14+/t17-,18-/m1/s1. The molecule has 0 aliphatic carbocycles. The minimum Gasteiger partial charge on any atom is -0.409 e. The van der Waals surface area contributed by atoms with Crippen molar-refractivity contribution in [3.05, 3.63) is 54.6 Å². The lowest BCUT2D eigenvalue weighted by Gasteiger charge is -2.40. The highest BCUT2D eigenvalue weighted by atomic mass is 28.4. The SMILES string of the molecule is C=CC[C@@H](N)[C@@H](/C=C/c1ccccc1)O[Si](C)(C)C(C)(C)C. The van der Waals surface area contributed by atoms with Crippen molar-refractivity contribution < 1.29 is 4.43 Å². The fourth-order valence-corrected chi connectivity index (χ4v) is 3.17. The highest BCUT2D eigenvalue weighted by Crippen LogP contribution is 2.37. The molecule has 2 atom stereocenters. The first kappa shape index (κ1) is 18.9. The van der Waals surface area contributed by atoms with Gasteiger partial charge in [-0.2, -0.15) is 0 Å². The zero-order valence-electron chi connectivity index (χ0n) is 14.7. The van der Waals surface area contributed by atoms with E-state index < -0.39 is 8.32 Å². The zero-order valence-corrected chi connectivity index (χ0v) is 15.7. The molecule has 0 saturated heterocycles. The normalized spacial score (nSPS) is 15.7. The average molecular weight is 318 g/mol. The van der Waals surface area contributed by atoms with Crippen molar-refractivity contribution in [2.45, 2.75) is 57.5 Å². The molecule has 0 spiro atoms. The molecule has 2 nitrogen and oxygen atoms in total. The van der Waals surface area contributed by atoms with Gasteiger partial charge in [-0.15, -0.1) is 6.58 Å². The summed E-state index contributed by atoms with van der Waals surface area (Å²) in [6.45, 7) is 15.1. The fraction of sp³-hybridized carbons (Fsp3) is 0.474. The van der Waals surface area contributed by atoms with Crippen LogP contribution in [0.1, 0.15) is 32.8 Å². The molecular formula is C19H31NOSi. The van der Waals surface area contributed by atoms with Gasteiger partial charge in [-0.25, -0.2) is 0 Å². The van der Waals surface area contributed by atoms with Gasteiger partial charge in [-0.05, 0) is 30.1 Å². The molecule has 0 aliphatic rings. The number of rotatable bonds is 7. The van der Waals surface area contributed by atoms with Gasteiger partial charge < -0.3 is 10.2 Å². The molecule has 0 bridgehead atoms. The van der Waals surface area contributed by atoms with Gasteiger partial charge in [0.25, 0.3) is 0 Å². The van der Waals surface area contributed by atoms with Gasteiger partial charge in [0.1, 0.15) is 0 Å². The van der Waals surface area contributed by atoms with Crippen molar-refractivity contribution in [3.8, 4) is 0 Å². The molecular weight excluding hydrogens is 286 g/mol. The summed E-state index contributed by atoms with van der Waals surface area (Å²) in [5, 5.41) is 0.166. The largest absolute Gasteiger partial charge is 0.409 e. The molecule has 0 unspecified atom stereocenters. The number of nitrogens with two attached hydrogens (primary N) is 1. The molecule has 3 heteroatoms. The van der Waals surface area contributed by atoms with Gasteiger partial charge in [0, 0.05) is 6.04 Å². The van der Waals surface area contributed by atoms with E-state index in [4.69, 9.17) is 10.2 Å². The molecule has 22 heavy (non-hydrogen) atoms. The van der Waals surface area contributed by atoms with Crippen LogP contribution in [-0.4, -0.2) is 20.5 Å². The summed E-state index contributed by atoms with van der Waals surface area (Å²) in [6.07, 6.45) is 6.73. The minimum atomic E-state index is -1.86. The lowest BCUT2D eigenvalue weighted by molar-refractivity contribution is 0.196. The Labute approximate surface area is 137 Å². The van der Waals surface area contributed by atoms with Crippen LogP contribution in [0.2, 0.25) is 18.1 Å². The Balaban J connectivity index is 2.94. The molecule has 0 aliphatic heterocycles. The second-order valence-corrected chi connectivity index (χ2v) is 12.1. The minimum absolute atomic E-state index is 0.0633. The Bertz CT molecular complexity index is 488. The maximum absolute atomic E-state index is 6.52. The van der Waals surface area contributed by atoms with E-state index in [-0.39, 0.29) is 17.2 Å². The molecule has 1 rings (SSSR count). The predicted molar refractivity (Wildman–Crippen MR) is 100 cm³/mol. The first-order chi connectivity index (χ1) is 10.2.